The van der Waals surface area contributed by atoms with E-state index in [2.05, 4.69) is 5.32 Å². The molecular formula is C18H20N2O4. The molecule has 1 fully saturated rings. The quantitative estimate of drug-likeness (QED) is 0.676. The van der Waals surface area contributed by atoms with Crippen LogP contribution in [-0.2, 0) is 14.4 Å². The summed E-state index contributed by atoms with van der Waals surface area (Å²) in [5, 5.41) is 2.73. The number of rotatable bonds is 4. The average Bonchev–Trinajstić information content (AvgIpc) is 2.80. The van der Waals surface area contributed by atoms with E-state index in [0.29, 0.717) is 24.3 Å². The van der Waals surface area contributed by atoms with Crippen molar-refractivity contribution in [2.24, 2.45) is 11.8 Å². The Morgan fingerprint density at radius 3 is 2.42 bits per heavy atom. The van der Waals surface area contributed by atoms with Gasteiger partial charge in [0.15, 0.2) is 0 Å². The molecule has 3 rings (SSSR count). The highest BCUT2D eigenvalue weighted by molar-refractivity contribution is 6.09. The van der Waals surface area contributed by atoms with Crippen LogP contribution in [0.5, 0.6) is 5.75 Å². The van der Waals surface area contributed by atoms with E-state index in [1.807, 2.05) is 25.1 Å². The number of nitrogens with zero attached hydrogens (tertiary/aromatic N) is 1. The van der Waals surface area contributed by atoms with E-state index >= 15 is 0 Å². The first-order valence-electron chi connectivity index (χ1n) is 7.96. The van der Waals surface area contributed by atoms with Gasteiger partial charge in [0.2, 0.25) is 17.7 Å². The maximum absolute atomic E-state index is 12.4. The number of amides is 3. The van der Waals surface area contributed by atoms with Gasteiger partial charge < -0.3 is 10.1 Å². The fourth-order valence-electron chi connectivity index (χ4n) is 3.28. The van der Waals surface area contributed by atoms with Gasteiger partial charge in [0, 0.05) is 0 Å². The number of ether oxygens (including phenoxy) is 1. The van der Waals surface area contributed by atoms with Crippen molar-refractivity contribution in [2.75, 3.05) is 19.0 Å². The van der Waals surface area contributed by atoms with Crippen LogP contribution in [0.25, 0.3) is 0 Å². The summed E-state index contributed by atoms with van der Waals surface area (Å²) in [6.45, 7) is 1.64. The van der Waals surface area contributed by atoms with Crippen molar-refractivity contribution in [1.29, 1.82) is 0 Å². The van der Waals surface area contributed by atoms with Gasteiger partial charge in [-0.2, -0.15) is 0 Å². The summed E-state index contributed by atoms with van der Waals surface area (Å²) in [7, 11) is 1.52. The molecule has 1 aromatic carbocycles. The topological polar surface area (TPSA) is 75.7 Å². The van der Waals surface area contributed by atoms with Gasteiger partial charge >= 0.3 is 0 Å². The molecular weight excluding hydrogens is 308 g/mol. The summed E-state index contributed by atoms with van der Waals surface area (Å²) < 4.78 is 5.22. The number of hydrogen-bond donors (Lipinski definition) is 1. The molecule has 1 aromatic rings. The summed E-state index contributed by atoms with van der Waals surface area (Å²) in [6.07, 6.45) is 4.99. The minimum absolute atomic E-state index is 0.249. The molecule has 1 heterocycles. The number of carbonyl (C=O) groups is 3. The summed E-state index contributed by atoms with van der Waals surface area (Å²) in [5.41, 5.74) is 1.50. The van der Waals surface area contributed by atoms with Gasteiger partial charge in [-0.3, -0.25) is 19.3 Å². The number of carbonyl (C=O) groups excluding carboxylic acids is 3. The number of nitrogens with one attached hydrogen (secondary N) is 1. The van der Waals surface area contributed by atoms with E-state index in [0.717, 1.165) is 10.5 Å². The molecule has 2 atom stereocenters. The molecule has 1 aliphatic heterocycles. The van der Waals surface area contributed by atoms with Crippen molar-refractivity contribution in [2.45, 2.75) is 19.8 Å². The molecule has 0 unspecified atom stereocenters. The minimum Gasteiger partial charge on any atom is -0.495 e. The van der Waals surface area contributed by atoms with Crippen molar-refractivity contribution in [1.82, 2.24) is 4.90 Å². The SMILES string of the molecule is COc1ccc(C)cc1NC(=O)CN1C(=O)[C@H]2CC=CC[C@@H]2C1=O. The largest absolute Gasteiger partial charge is 0.495 e. The number of methoxy groups -OCH3 is 1. The van der Waals surface area contributed by atoms with Crippen molar-refractivity contribution >= 4 is 23.4 Å². The Morgan fingerprint density at radius 2 is 1.83 bits per heavy atom. The number of anilines is 1. The highest BCUT2D eigenvalue weighted by Crippen LogP contribution is 2.35. The fourth-order valence-corrected chi connectivity index (χ4v) is 3.28. The molecule has 6 nitrogen and oxygen atoms in total. The standard InChI is InChI=1S/C18H20N2O4/c1-11-7-8-15(24-2)14(9-11)19-16(21)10-20-17(22)12-5-3-4-6-13(12)18(20)23/h3-4,7-9,12-13H,5-6,10H2,1-2H3,(H,19,21)/t12-,13-/m0/s1. The number of benzene rings is 1. The number of imide groups is 1. The van der Waals surface area contributed by atoms with Gasteiger partial charge in [0.1, 0.15) is 12.3 Å². The van der Waals surface area contributed by atoms with Crippen molar-refractivity contribution in [3.63, 3.8) is 0 Å². The Kier molecular flexibility index (Phi) is 4.38. The molecule has 6 heteroatoms. The lowest BCUT2D eigenvalue weighted by Gasteiger charge is -2.16. The lowest BCUT2D eigenvalue weighted by molar-refractivity contribution is -0.142. The number of hydrogen-bond acceptors (Lipinski definition) is 4. The second kappa shape index (κ2) is 6.47. The van der Waals surface area contributed by atoms with Crippen LogP contribution in [0.15, 0.2) is 30.4 Å². The van der Waals surface area contributed by atoms with Crippen LogP contribution in [0, 0.1) is 18.8 Å². The summed E-state index contributed by atoms with van der Waals surface area (Å²) in [5.74, 6) is -1.01. The predicted octanol–water partition coefficient (Wildman–Crippen LogP) is 1.89. The monoisotopic (exact) mass is 328 g/mol. The maximum atomic E-state index is 12.4. The van der Waals surface area contributed by atoms with E-state index < -0.39 is 5.91 Å². The Bertz CT molecular complexity index is 700. The van der Waals surface area contributed by atoms with Crippen LogP contribution in [0.4, 0.5) is 5.69 Å². The van der Waals surface area contributed by atoms with Crippen LogP contribution in [-0.4, -0.2) is 36.3 Å². The first-order valence-corrected chi connectivity index (χ1v) is 7.96. The molecule has 0 spiro atoms. The summed E-state index contributed by atoms with van der Waals surface area (Å²) >= 11 is 0. The molecule has 24 heavy (non-hydrogen) atoms. The molecule has 0 aromatic heterocycles. The highest BCUT2D eigenvalue weighted by atomic mass is 16.5. The Balaban J connectivity index is 1.71. The van der Waals surface area contributed by atoms with Gasteiger partial charge in [0.25, 0.3) is 0 Å². The highest BCUT2D eigenvalue weighted by Gasteiger charge is 2.47. The molecule has 1 N–H and O–H groups in total. The van der Waals surface area contributed by atoms with E-state index in [4.69, 9.17) is 4.74 Å². The lowest BCUT2D eigenvalue weighted by Crippen LogP contribution is -2.38. The van der Waals surface area contributed by atoms with Gasteiger partial charge in [0.05, 0.1) is 24.6 Å². The zero-order valence-corrected chi connectivity index (χ0v) is 13.7. The van der Waals surface area contributed by atoms with E-state index in [1.165, 1.54) is 7.11 Å². The van der Waals surface area contributed by atoms with E-state index in [1.54, 1.807) is 12.1 Å². The van der Waals surface area contributed by atoms with Crippen LogP contribution < -0.4 is 10.1 Å². The number of allylic oxidation sites excluding steroid dienone is 2. The van der Waals surface area contributed by atoms with Crippen molar-refractivity contribution in [3.05, 3.63) is 35.9 Å². The van der Waals surface area contributed by atoms with Gasteiger partial charge in [-0.15, -0.1) is 0 Å². The third-order valence-corrected chi connectivity index (χ3v) is 4.53. The van der Waals surface area contributed by atoms with Gasteiger partial charge in [-0.25, -0.2) is 0 Å². The molecule has 3 amide bonds. The van der Waals surface area contributed by atoms with E-state index in [-0.39, 0.29) is 30.2 Å². The van der Waals surface area contributed by atoms with E-state index in [9.17, 15) is 14.4 Å². The minimum atomic E-state index is -0.410. The Hall–Kier alpha value is -2.63. The molecule has 0 radical (unpaired) electrons. The Morgan fingerprint density at radius 1 is 1.21 bits per heavy atom. The third-order valence-electron chi connectivity index (χ3n) is 4.53. The fraction of sp³-hybridized carbons (Fsp3) is 0.389. The number of aryl methyl sites for hydroxylation is 1. The number of likely N-dealkylation sites (tertiary alicyclic amines) is 1. The average molecular weight is 328 g/mol. The maximum Gasteiger partial charge on any atom is 0.244 e. The molecule has 1 aliphatic carbocycles. The van der Waals surface area contributed by atoms with Crippen molar-refractivity contribution < 1.29 is 19.1 Å². The molecule has 126 valence electrons. The molecule has 1 saturated heterocycles. The van der Waals surface area contributed by atoms with Crippen LogP contribution in [0.3, 0.4) is 0 Å². The first kappa shape index (κ1) is 16.2. The summed E-state index contributed by atoms with van der Waals surface area (Å²) in [4.78, 5) is 38.2. The first-order chi connectivity index (χ1) is 11.5. The Labute approximate surface area is 140 Å². The van der Waals surface area contributed by atoms with Gasteiger partial charge in [-0.1, -0.05) is 18.2 Å². The second-order valence-electron chi connectivity index (χ2n) is 6.17. The van der Waals surface area contributed by atoms with Crippen LogP contribution >= 0.6 is 0 Å². The van der Waals surface area contributed by atoms with Crippen LogP contribution in [0.2, 0.25) is 0 Å². The molecule has 0 bridgehead atoms. The lowest BCUT2D eigenvalue weighted by atomic mass is 9.85. The molecule has 0 saturated carbocycles. The zero-order valence-electron chi connectivity index (χ0n) is 13.7. The van der Waals surface area contributed by atoms with Crippen LogP contribution in [0.1, 0.15) is 18.4 Å². The third kappa shape index (κ3) is 2.91. The normalized spacial score (nSPS) is 22.5. The second-order valence-corrected chi connectivity index (χ2v) is 6.17. The predicted molar refractivity (Wildman–Crippen MR) is 88.4 cm³/mol. The zero-order chi connectivity index (χ0) is 17.3. The summed E-state index contributed by atoms with van der Waals surface area (Å²) in [6, 6.07) is 5.42. The van der Waals surface area contributed by atoms with Crippen molar-refractivity contribution in [3.8, 4) is 5.75 Å². The molecule has 2 aliphatic rings. The smallest absolute Gasteiger partial charge is 0.244 e. The van der Waals surface area contributed by atoms with Gasteiger partial charge in [-0.05, 0) is 37.5 Å². The number of fused-ring (bicyclic) bond motifs is 1.